The molecule has 0 saturated carbocycles. The van der Waals surface area contributed by atoms with Crippen LogP contribution in [0.4, 0.5) is 0 Å². The summed E-state index contributed by atoms with van der Waals surface area (Å²) in [6, 6.07) is 3.28. The van der Waals surface area contributed by atoms with Gasteiger partial charge in [0.25, 0.3) is 0 Å². The molecule has 0 saturated heterocycles. The van der Waals surface area contributed by atoms with E-state index in [4.69, 9.17) is 0 Å². The standard InChI is InChI=1S/C20H30O4/c1-5-13(6-2)11-15-9-10-16(19(21)22)18(20(23)24)17(15)12-14(7-3)8-4/h9-10,13-14H,5-8,11-12H2,1-4H3,(H,21,22)(H,23,24). The van der Waals surface area contributed by atoms with E-state index in [-0.39, 0.29) is 11.1 Å². The van der Waals surface area contributed by atoms with Crippen LogP contribution in [0.3, 0.4) is 0 Å². The van der Waals surface area contributed by atoms with Crippen molar-refractivity contribution in [3.05, 3.63) is 34.4 Å². The van der Waals surface area contributed by atoms with E-state index in [0.29, 0.717) is 18.3 Å². The van der Waals surface area contributed by atoms with Gasteiger partial charge >= 0.3 is 11.9 Å². The fourth-order valence-corrected chi connectivity index (χ4v) is 3.29. The van der Waals surface area contributed by atoms with Crippen molar-refractivity contribution in [1.82, 2.24) is 0 Å². The summed E-state index contributed by atoms with van der Waals surface area (Å²) >= 11 is 0. The average Bonchev–Trinajstić information content (AvgIpc) is 2.57. The Kier molecular flexibility index (Phi) is 7.96. The van der Waals surface area contributed by atoms with Crippen LogP contribution in [0.1, 0.15) is 85.2 Å². The molecule has 2 N–H and O–H groups in total. The van der Waals surface area contributed by atoms with Crippen molar-refractivity contribution in [3.63, 3.8) is 0 Å². The lowest BCUT2D eigenvalue weighted by atomic mass is 9.83. The SMILES string of the molecule is CCC(CC)Cc1ccc(C(=O)O)c(C(=O)O)c1CC(CC)CC. The van der Waals surface area contributed by atoms with E-state index < -0.39 is 11.9 Å². The second-order valence-electron chi connectivity index (χ2n) is 6.51. The van der Waals surface area contributed by atoms with E-state index in [0.717, 1.165) is 43.2 Å². The van der Waals surface area contributed by atoms with Gasteiger partial charge in [0.1, 0.15) is 0 Å². The van der Waals surface area contributed by atoms with Gasteiger partial charge in [0.2, 0.25) is 0 Å². The van der Waals surface area contributed by atoms with Gasteiger partial charge in [-0.25, -0.2) is 9.59 Å². The number of carboxylic acids is 2. The van der Waals surface area contributed by atoms with Crippen LogP contribution in [0.2, 0.25) is 0 Å². The summed E-state index contributed by atoms with van der Waals surface area (Å²) in [6.45, 7) is 8.46. The lowest BCUT2D eigenvalue weighted by molar-refractivity contribution is 0.0650. The van der Waals surface area contributed by atoms with Crippen molar-refractivity contribution < 1.29 is 19.8 Å². The first-order valence-corrected chi connectivity index (χ1v) is 9.00. The van der Waals surface area contributed by atoms with Crippen LogP contribution in [-0.4, -0.2) is 22.2 Å². The Morgan fingerprint density at radius 3 is 1.75 bits per heavy atom. The largest absolute Gasteiger partial charge is 0.478 e. The predicted octanol–water partition coefficient (Wildman–Crippen LogP) is 5.04. The maximum atomic E-state index is 11.8. The van der Waals surface area contributed by atoms with Crippen molar-refractivity contribution in [2.75, 3.05) is 0 Å². The Balaban J connectivity index is 3.49. The van der Waals surface area contributed by atoms with Gasteiger partial charge in [-0.15, -0.1) is 0 Å². The topological polar surface area (TPSA) is 74.6 Å². The van der Waals surface area contributed by atoms with Gasteiger partial charge < -0.3 is 10.2 Å². The van der Waals surface area contributed by atoms with Crippen molar-refractivity contribution in [2.45, 2.75) is 66.2 Å². The smallest absolute Gasteiger partial charge is 0.336 e. The zero-order valence-electron chi connectivity index (χ0n) is 15.3. The molecule has 0 heterocycles. The molecule has 4 nitrogen and oxygen atoms in total. The van der Waals surface area contributed by atoms with Crippen molar-refractivity contribution >= 4 is 11.9 Å². The third kappa shape index (κ3) is 4.83. The molecule has 134 valence electrons. The summed E-state index contributed by atoms with van der Waals surface area (Å²) in [5, 5.41) is 19.1. The monoisotopic (exact) mass is 334 g/mol. The maximum Gasteiger partial charge on any atom is 0.336 e. The van der Waals surface area contributed by atoms with Gasteiger partial charge in [0, 0.05) is 0 Å². The van der Waals surface area contributed by atoms with E-state index in [1.54, 1.807) is 0 Å². The van der Waals surface area contributed by atoms with Crippen molar-refractivity contribution in [1.29, 1.82) is 0 Å². The number of rotatable bonds is 10. The van der Waals surface area contributed by atoms with Crippen LogP contribution in [0, 0.1) is 11.8 Å². The molecular formula is C20H30O4. The van der Waals surface area contributed by atoms with Crippen LogP contribution in [0.5, 0.6) is 0 Å². The molecule has 0 bridgehead atoms. The number of hydrogen-bond acceptors (Lipinski definition) is 2. The highest BCUT2D eigenvalue weighted by atomic mass is 16.4. The molecule has 0 amide bonds. The van der Waals surface area contributed by atoms with E-state index in [1.807, 2.05) is 6.07 Å². The molecule has 4 heteroatoms. The quantitative estimate of drug-likeness (QED) is 0.628. The Morgan fingerprint density at radius 1 is 0.833 bits per heavy atom. The average molecular weight is 334 g/mol. The van der Waals surface area contributed by atoms with Crippen LogP contribution in [-0.2, 0) is 12.8 Å². The van der Waals surface area contributed by atoms with Crippen LogP contribution in [0.15, 0.2) is 12.1 Å². The van der Waals surface area contributed by atoms with E-state index in [1.165, 1.54) is 6.07 Å². The minimum Gasteiger partial charge on any atom is -0.478 e. The number of carboxylic acid groups (broad SMARTS) is 2. The fourth-order valence-electron chi connectivity index (χ4n) is 3.29. The molecule has 0 radical (unpaired) electrons. The van der Waals surface area contributed by atoms with Gasteiger partial charge in [-0.1, -0.05) is 59.4 Å². The third-order valence-corrected chi connectivity index (χ3v) is 5.16. The number of carbonyl (C=O) groups is 2. The summed E-state index contributed by atoms with van der Waals surface area (Å²) in [5.74, 6) is -1.46. The first-order chi connectivity index (χ1) is 11.4. The van der Waals surface area contributed by atoms with Gasteiger partial charge in [0.15, 0.2) is 0 Å². The van der Waals surface area contributed by atoms with Crippen molar-refractivity contribution in [2.24, 2.45) is 11.8 Å². The third-order valence-electron chi connectivity index (χ3n) is 5.16. The minimum absolute atomic E-state index is 0.0159. The Bertz CT molecular complexity index is 569. The lowest BCUT2D eigenvalue weighted by Crippen LogP contribution is -2.17. The molecular weight excluding hydrogens is 304 g/mol. The summed E-state index contributed by atoms with van der Waals surface area (Å²) in [4.78, 5) is 23.3. The highest BCUT2D eigenvalue weighted by molar-refractivity contribution is 6.03. The zero-order valence-corrected chi connectivity index (χ0v) is 15.3. The summed E-state index contributed by atoms with van der Waals surface area (Å²) < 4.78 is 0. The minimum atomic E-state index is -1.17. The first-order valence-electron chi connectivity index (χ1n) is 9.00. The number of benzene rings is 1. The number of aromatic carboxylic acids is 2. The molecule has 0 aliphatic heterocycles. The van der Waals surface area contributed by atoms with E-state index in [2.05, 4.69) is 27.7 Å². The normalized spacial score (nSPS) is 11.2. The predicted molar refractivity (Wildman–Crippen MR) is 95.9 cm³/mol. The second kappa shape index (κ2) is 9.45. The Hall–Kier alpha value is -1.84. The zero-order chi connectivity index (χ0) is 18.3. The van der Waals surface area contributed by atoms with Crippen LogP contribution < -0.4 is 0 Å². The Morgan fingerprint density at radius 2 is 1.33 bits per heavy atom. The molecule has 0 atom stereocenters. The number of hydrogen-bond donors (Lipinski definition) is 2. The maximum absolute atomic E-state index is 11.8. The van der Waals surface area contributed by atoms with Crippen LogP contribution >= 0.6 is 0 Å². The second-order valence-corrected chi connectivity index (χ2v) is 6.51. The van der Waals surface area contributed by atoms with Gasteiger partial charge in [-0.3, -0.25) is 0 Å². The molecule has 1 aromatic carbocycles. The highest BCUT2D eigenvalue weighted by Gasteiger charge is 2.25. The Labute approximate surface area is 144 Å². The molecule has 0 spiro atoms. The fraction of sp³-hybridized carbons (Fsp3) is 0.600. The first kappa shape index (κ1) is 20.2. The van der Waals surface area contributed by atoms with Crippen molar-refractivity contribution in [3.8, 4) is 0 Å². The van der Waals surface area contributed by atoms with E-state index in [9.17, 15) is 19.8 Å². The van der Waals surface area contributed by atoms with Gasteiger partial charge in [-0.2, -0.15) is 0 Å². The van der Waals surface area contributed by atoms with Crippen LogP contribution in [0.25, 0.3) is 0 Å². The summed E-state index contributed by atoms with van der Waals surface area (Å²) in [7, 11) is 0. The summed E-state index contributed by atoms with van der Waals surface area (Å²) in [6.07, 6.45) is 5.41. The lowest BCUT2D eigenvalue weighted by Gasteiger charge is -2.21. The molecule has 0 aliphatic rings. The highest BCUT2D eigenvalue weighted by Crippen LogP contribution is 2.28. The molecule has 1 aromatic rings. The van der Waals surface area contributed by atoms with E-state index >= 15 is 0 Å². The molecule has 0 aromatic heterocycles. The van der Waals surface area contributed by atoms with Gasteiger partial charge in [-0.05, 0) is 41.9 Å². The molecule has 0 aliphatic carbocycles. The molecule has 24 heavy (non-hydrogen) atoms. The molecule has 0 fully saturated rings. The van der Waals surface area contributed by atoms with Gasteiger partial charge in [0.05, 0.1) is 11.1 Å². The molecule has 1 rings (SSSR count). The molecule has 0 unspecified atom stereocenters. The summed E-state index contributed by atoms with van der Waals surface area (Å²) in [5.41, 5.74) is 1.61.